The Kier molecular flexibility index (Phi) is 6.65. The molecule has 5 rings (SSSR count). The van der Waals surface area contributed by atoms with Gasteiger partial charge in [-0.2, -0.15) is 0 Å². The van der Waals surface area contributed by atoms with E-state index in [-0.39, 0.29) is 6.47 Å². The first-order chi connectivity index (χ1) is 15.1. The third-order valence-corrected chi connectivity index (χ3v) is 7.34. The standard InChI is InChI=1S/C23H28ClN3O.CH2O2/c1-2-4-20-15-11-16(21-5-3-6-23(28)27(20)21)14-26(13-15)22-9-10-25-19-8-7-17(24)12-18(19)22;2-1-3/h7-10,12,15-16,20-21H,2-6,11,13-14H2,1H3;1H,(H,2,3)/t15-,16+,20-,21-;/m0./s1. The lowest BCUT2D eigenvalue weighted by atomic mass is 9.71. The highest BCUT2D eigenvalue weighted by atomic mass is 35.5. The lowest BCUT2D eigenvalue weighted by Crippen LogP contribution is -2.65. The molecule has 0 unspecified atom stereocenters. The van der Waals surface area contributed by atoms with Gasteiger partial charge in [0.15, 0.2) is 0 Å². The van der Waals surface area contributed by atoms with Crippen molar-refractivity contribution in [1.29, 1.82) is 0 Å². The zero-order valence-electron chi connectivity index (χ0n) is 17.9. The molecule has 1 aromatic carbocycles. The first kappa shape index (κ1) is 21.9. The molecule has 2 bridgehead atoms. The predicted octanol–water partition coefficient (Wildman–Crippen LogP) is 4.59. The number of anilines is 1. The molecule has 0 radical (unpaired) electrons. The minimum Gasteiger partial charge on any atom is -0.483 e. The Hall–Kier alpha value is -2.34. The minimum atomic E-state index is -0.250. The molecule has 0 saturated carbocycles. The number of nitrogens with zero attached hydrogens (tertiary/aromatic N) is 3. The Bertz CT molecular complexity index is 953. The van der Waals surface area contributed by atoms with Gasteiger partial charge in [-0.05, 0) is 61.8 Å². The van der Waals surface area contributed by atoms with Gasteiger partial charge < -0.3 is 14.9 Å². The van der Waals surface area contributed by atoms with Gasteiger partial charge in [-0.25, -0.2) is 0 Å². The summed E-state index contributed by atoms with van der Waals surface area (Å²) in [6, 6.07) is 8.93. The third-order valence-electron chi connectivity index (χ3n) is 7.10. The second kappa shape index (κ2) is 9.43. The van der Waals surface area contributed by atoms with Gasteiger partial charge in [-0.15, -0.1) is 0 Å². The maximum absolute atomic E-state index is 12.8. The van der Waals surface area contributed by atoms with Crippen LogP contribution in [0.15, 0.2) is 30.5 Å². The number of carbonyl (C=O) groups excluding carboxylic acids is 1. The molecule has 1 aromatic heterocycles. The van der Waals surface area contributed by atoms with E-state index in [1.54, 1.807) is 0 Å². The summed E-state index contributed by atoms with van der Waals surface area (Å²) in [6.45, 7) is 4.03. The highest BCUT2D eigenvalue weighted by Crippen LogP contribution is 2.44. The van der Waals surface area contributed by atoms with Gasteiger partial charge in [0.1, 0.15) is 0 Å². The van der Waals surface area contributed by atoms with Crippen LogP contribution in [0.25, 0.3) is 10.9 Å². The second-order valence-corrected chi connectivity index (χ2v) is 9.31. The third kappa shape index (κ3) is 4.22. The fourth-order valence-corrected chi connectivity index (χ4v) is 6.19. The van der Waals surface area contributed by atoms with Gasteiger partial charge in [0.2, 0.25) is 5.91 Å². The highest BCUT2D eigenvalue weighted by Gasteiger charge is 2.49. The van der Waals surface area contributed by atoms with Crippen LogP contribution in [0.5, 0.6) is 0 Å². The number of rotatable bonds is 3. The number of piperidine rings is 3. The largest absolute Gasteiger partial charge is 0.483 e. The van der Waals surface area contributed by atoms with Gasteiger partial charge >= 0.3 is 0 Å². The van der Waals surface area contributed by atoms with Gasteiger partial charge in [-0.3, -0.25) is 14.6 Å². The Morgan fingerprint density at radius 3 is 2.81 bits per heavy atom. The monoisotopic (exact) mass is 443 g/mol. The van der Waals surface area contributed by atoms with Crippen molar-refractivity contribution in [2.45, 2.75) is 57.5 Å². The molecule has 31 heavy (non-hydrogen) atoms. The van der Waals surface area contributed by atoms with Gasteiger partial charge in [0.05, 0.1) is 5.52 Å². The molecular weight excluding hydrogens is 414 g/mol. The number of pyridine rings is 1. The normalized spacial score (nSPS) is 27.4. The van der Waals surface area contributed by atoms with E-state index < -0.39 is 0 Å². The van der Waals surface area contributed by atoms with E-state index >= 15 is 0 Å². The molecule has 0 spiro atoms. The Morgan fingerprint density at radius 2 is 2.03 bits per heavy atom. The smallest absolute Gasteiger partial charge is 0.290 e. The van der Waals surface area contributed by atoms with Crippen LogP contribution in [0.1, 0.15) is 45.4 Å². The number of carboxylic acid groups (broad SMARTS) is 1. The molecule has 1 amide bonds. The van der Waals surface area contributed by atoms with Crippen molar-refractivity contribution in [3.05, 3.63) is 35.5 Å². The zero-order chi connectivity index (χ0) is 22.0. The van der Waals surface area contributed by atoms with E-state index in [0.717, 1.165) is 54.7 Å². The topological polar surface area (TPSA) is 73.7 Å². The molecule has 4 heterocycles. The van der Waals surface area contributed by atoms with E-state index in [9.17, 15) is 4.79 Å². The first-order valence-corrected chi connectivity index (χ1v) is 11.6. The van der Waals surface area contributed by atoms with E-state index in [2.05, 4.69) is 27.8 Å². The van der Waals surface area contributed by atoms with Crippen molar-refractivity contribution in [3.8, 4) is 0 Å². The van der Waals surface area contributed by atoms with Crippen LogP contribution in [-0.2, 0) is 9.59 Å². The maximum Gasteiger partial charge on any atom is 0.290 e. The van der Waals surface area contributed by atoms with Crippen molar-refractivity contribution < 1.29 is 14.7 Å². The van der Waals surface area contributed by atoms with Crippen LogP contribution in [-0.4, -0.2) is 52.5 Å². The summed E-state index contributed by atoms with van der Waals surface area (Å²) in [5.41, 5.74) is 2.24. The summed E-state index contributed by atoms with van der Waals surface area (Å²) in [4.78, 5) is 30.6. The average molecular weight is 444 g/mol. The van der Waals surface area contributed by atoms with Crippen LogP contribution in [0.4, 0.5) is 5.69 Å². The molecule has 3 saturated heterocycles. The number of fused-ring (bicyclic) bond motifs is 5. The van der Waals surface area contributed by atoms with Crippen molar-refractivity contribution >= 4 is 40.6 Å². The molecular formula is C24H30ClN3O3. The number of amides is 1. The number of aromatic nitrogens is 1. The molecule has 3 aliphatic rings. The van der Waals surface area contributed by atoms with Crippen LogP contribution >= 0.6 is 11.6 Å². The molecule has 6 nitrogen and oxygen atoms in total. The summed E-state index contributed by atoms with van der Waals surface area (Å²) in [5, 5.41) is 8.78. The lowest BCUT2D eigenvalue weighted by molar-refractivity contribution is -0.149. The molecule has 2 aromatic rings. The van der Waals surface area contributed by atoms with Crippen molar-refractivity contribution in [2.75, 3.05) is 18.0 Å². The molecule has 1 N–H and O–H groups in total. The fourth-order valence-electron chi connectivity index (χ4n) is 6.02. The SMILES string of the molecule is CCC[C@H]1[C@H]2C[C@H](CN(c3ccnc4ccc(Cl)cc34)C2)[C@@H]2CCCC(=O)N21.O=CO. The van der Waals surface area contributed by atoms with Crippen molar-refractivity contribution in [2.24, 2.45) is 11.8 Å². The molecule has 4 atom stereocenters. The van der Waals surface area contributed by atoms with Crippen LogP contribution in [0.3, 0.4) is 0 Å². The highest BCUT2D eigenvalue weighted by molar-refractivity contribution is 6.31. The van der Waals surface area contributed by atoms with Crippen LogP contribution < -0.4 is 4.90 Å². The summed E-state index contributed by atoms with van der Waals surface area (Å²) >= 11 is 6.31. The minimum absolute atomic E-state index is 0.250. The number of hydrogen-bond donors (Lipinski definition) is 1. The van der Waals surface area contributed by atoms with Gasteiger partial charge in [0, 0.05) is 53.9 Å². The quantitative estimate of drug-likeness (QED) is 0.702. The van der Waals surface area contributed by atoms with Crippen molar-refractivity contribution in [1.82, 2.24) is 9.88 Å². The summed E-state index contributed by atoms with van der Waals surface area (Å²) in [6.07, 6.45) is 8.39. The van der Waals surface area contributed by atoms with Gasteiger partial charge in [-0.1, -0.05) is 24.9 Å². The number of halogens is 1. The van der Waals surface area contributed by atoms with E-state index in [1.807, 2.05) is 24.4 Å². The molecule has 3 fully saturated rings. The fraction of sp³-hybridized carbons (Fsp3) is 0.542. The summed E-state index contributed by atoms with van der Waals surface area (Å²) in [5.74, 6) is 1.52. The van der Waals surface area contributed by atoms with E-state index in [1.165, 1.54) is 18.5 Å². The van der Waals surface area contributed by atoms with Gasteiger partial charge in [0.25, 0.3) is 6.47 Å². The first-order valence-electron chi connectivity index (χ1n) is 11.3. The Morgan fingerprint density at radius 1 is 1.26 bits per heavy atom. The Balaban J connectivity index is 0.000000730. The number of carbonyl (C=O) groups is 2. The van der Waals surface area contributed by atoms with E-state index in [4.69, 9.17) is 21.5 Å². The second-order valence-electron chi connectivity index (χ2n) is 8.87. The predicted molar refractivity (Wildman–Crippen MR) is 122 cm³/mol. The number of benzene rings is 1. The lowest BCUT2D eigenvalue weighted by Gasteiger charge is -2.57. The van der Waals surface area contributed by atoms with Crippen LogP contribution in [0.2, 0.25) is 5.02 Å². The molecule has 0 aliphatic carbocycles. The molecule has 166 valence electrons. The summed E-state index contributed by atoms with van der Waals surface area (Å²) < 4.78 is 0. The Labute approximate surface area is 188 Å². The summed E-state index contributed by atoms with van der Waals surface area (Å²) in [7, 11) is 0. The molecule has 3 aliphatic heterocycles. The maximum atomic E-state index is 12.8. The average Bonchev–Trinajstić information content (AvgIpc) is 2.77. The van der Waals surface area contributed by atoms with Crippen molar-refractivity contribution in [3.63, 3.8) is 0 Å². The van der Waals surface area contributed by atoms with Crippen LogP contribution in [0, 0.1) is 11.8 Å². The molecule has 7 heteroatoms. The van der Waals surface area contributed by atoms with E-state index in [0.29, 0.717) is 29.8 Å². The zero-order valence-corrected chi connectivity index (χ0v) is 18.7. The number of hydrogen-bond acceptors (Lipinski definition) is 4.